The number of alkyl halides is 1. The van der Waals surface area contributed by atoms with Crippen LogP contribution in [0.15, 0.2) is 0 Å². The molecule has 0 spiro atoms. The van der Waals surface area contributed by atoms with Crippen LogP contribution in [0.3, 0.4) is 0 Å². The van der Waals surface area contributed by atoms with Crippen LogP contribution >= 0.6 is 11.6 Å². The lowest BCUT2D eigenvalue weighted by molar-refractivity contribution is 0.0285. The maximum atomic E-state index is 8.70. The molecule has 1 atom stereocenters. The van der Waals surface area contributed by atoms with Gasteiger partial charge in [0.2, 0.25) is 0 Å². The second-order valence-corrected chi connectivity index (χ2v) is 3.67. The third-order valence-electron chi connectivity index (χ3n) is 2.04. The van der Waals surface area contributed by atoms with Crippen molar-refractivity contribution in [2.45, 2.75) is 30.7 Å². The number of hydrogen-bond donors (Lipinski definition) is 0. The van der Waals surface area contributed by atoms with E-state index in [4.69, 9.17) is 21.6 Å². The number of hydrogen-bond acceptors (Lipinski definition) is 2. The van der Waals surface area contributed by atoms with Crippen LogP contribution in [0.5, 0.6) is 0 Å². The number of halogens is 1. The van der Waals surface area contributed by atoms with Gasteiger partial charge in [0.05, 0.1) is 18.3 Å². The van der Waals surface area contributed by atoms with E-state index < -0.39 is 10.5 Å². The number of rotatable bonds is 0. The fourth-order valence-electron chi connectivity index (χ4n) is 1.05. The van der Waals surface area contributed by atoms with Gasteiger partial charge in [-0.3, -0.25) is 0 Å². The van der Waals surface area contributed by atoms with Gasteiger partial charge in [-0.1, -0.05) is 11.6 Å². The topological polar surface area (TPSA) is 33.0 Å². The van der Waals surface area contributed by atoms with E-state index in [0.29, 0.717) is 13.0 Å². The Labute approximate surface area is 65.7 Å². The summed E-state index contributed by atoms with van der Waals surface area (Å²) in [5.74, 6) is 0. The lowest BCUT2D eigenvalue weighted by Crippen LogP contribution is -2.39. The van der Waals surface area contributed by atoms with E-state index in [-0.39, 0.29) is 0 Å². The lowest BCUT2D eigenvalue weighted by atomic mass is 9.91. The highest BCUT2D eigenvalue weighted by Crippen LogP contribution is 2.40. The molecule has 1 fully saturated rings. The summed E-state index contributed by atoms with van der Waals surface area (Å²) < 4.78 is 5.29. The summed E-state index contributed by atoms with van der Waals surface area (Å²) in [6.45, 7) is 4.27. The molecule has 3 heteroatoms. The molecule has 0 saturated carbocycles. The maximum Gasteiger partial charge on any atom is 0.161 e. The smallest absolute Gasteiger partial charge is 0.161 e. The van der Waals surface area contributed by atoms with Crippen molar-refractivity contribution < 1.29 is 4.74 Å². The van der Waals surface area contributed by atoms with Gasteiger partial charge in [-0.15, -0.1) is 0 Å². The average Bonchev–Trinajstić information content (AvgIpc) is 2.10. The van der Waals surface area contributed by atoms with Gasteiger partial charge >= 0.3 is 0 Å². The Morgan fingerprint density at radius 1 is 1.60 bits per heavy atom. The molecule has 0 N–H and O–H groups in total. The summed E-state index contributed by atoms with van der Waals surface area (Å²) in [7, 11) is 0. The van der Waals surface area contributed by atoms with Gasteiger partial charge in [-0.25, -0.2) is 0 Å². The van der Waals surface area contributed by atoms with Crippen LogP contribution in [0.2, 0.25) is 0 Å². The van der Waals surface area contributed by atoms with Crippen molar-refractivity contribution in [3.63, 3.8) is 0 Å². The van der Waals surface area contributed by atoms with E-state index in [1.54, 1.807) is 0 Å². The van der Waals surface area contributed by atoms with E-state index in [9.17, 15) is 0 Å². The molecule has 56 valence electrons. The van der Waals surface area contributed by atoms with Crippen LogP contribution in [-0.2, 0) is 4.74 Å². The molecular formula is C7H10ClNO. The van der Waals surface area contributed by atoms with E-state index in [1.807, 2.05) is 13.8 Å². The van der Waals surface area contributed by atoms with Gasteiger partial charge in [0.25, 0.3) is 0 Å². The van der Waals surface area contributed by atoms with Gasteiger partial charge < -0.3 is 4.74 Å². The second-order valence-electron chi connectivity index (χ2n) is 3.02. The fourth-order valence-corrected chi connectivity index (χ4v) is 1.18. The SMILES string of the molecule is CC1(C)OCCC1(Cl)C#N. The molecule has 0 radical (unpaired) electrons. The van der Waals surface area contributed by atoms with Gasteiger partial charge in [0.15, 0.2) is 4.87 Å². The first-order valence-corrected chi connectivity index (χ1v) is 3.64. The predicted molar refractivity (Wildman–Crippen MR) is 38.8 cm³/mol. The third kappa shape index (κ3) is 0.902. The highest BCUT2D eigenvalue weighted by Gasteiger charge is 2.49. The Balaban J connectivity index is 2.89. The van der Waals surface area contributed by atoms with Gasteiger partial charge in [0.1, 0.15) is 0 Å². The van der Waals surface area contributed by atoms with Gasteiger partial charge in [0, 0.05) is 6.42 Å². The Kier molecular flexibility index (Phi) is 1.66. The molecule has 1 unspecified atom stereocenters. The maximum absolute atomic E-state index is 8.70. The quantitative estimate of drug-likeness (QED) is 0.504. The fraction of sp³-hybridized carbons (Fsp3) is 0.857. The van der Waals surface area contributed by atoms with Crippen LogP contribution in [0.1, 0.15) is 20.3 Å². The average molecular weight is 160 g/mol. The zero-order chi connectivity index (χ0) is 7.83. The molecule has 1 aliphatic heterocycles. The normalized spacial score (nSPS) is 37.4. The van der Waals surface area contributed by atoms with E-state index in [1.165, 1.54) is 0 Å². The van der Waals surface area contributed by atoms with Crippen LogP contribution < -0.4 is 0 Å². The summed E-state index contributed by atoms with van der Waals surface area (Å²) in [5, 5.41) is 8.70. The molecular weight excluding hydrogens is 150 g/mol. The summed E-state index contributed by atoms with van der Waals surface area (Å²) in [5.41, 5.74) is -0.497. The largest absolute Gasteiger partial charge is 0.373 e. The predicted octanol–water partition coefficient (Wildman–Crippen LogP) is 1.69. The minimum Gasteiger partial charge on any atom is -0.373 e. The van der Waals surface area contributed by atoms with E-state index >= 15 is 0 Å². The van der Waals surface area contributed by atoms with E-state index in [2.05, 4.69) is 6.07 Å². The Morgan fingerprint density at radius 3 is 2.40 bits per heavy atom. The monoisotopic (exact) mass is 159 g/mol. The molecule has 1 saturated heterocycles. The van der Waals surface area contributed by atoms with Crippen LogP contribution in [0.4, 0.5) is 0 Å². The Hall–Kier alpha value is -0.260. The minimum absolute atomic E-state index is 0.497. The lowest BCUT2D eigenvalue weighted by Gasteiger charge is -2.27. The zero-order valence-electron chi connectivity index (χ0n) is 6.15. The Morgan fingerprint density at radius 2 is 2.20 bits per heavy atom. The molecule has 0 bridgehead atoms. The van der Waals surface area contributed by atoms with Crippen molar-refractivity contribution in [3.8, 4) is 6.07 Å². The van der Waals surface area contributed by atoms with Crippen LogP contribution in [0.25, 0.3) is 0 Å². The Bertz CT molecular complexity index is 185. The molecule has 0 aromatic rings. The first kappa shape index (κ1) is 7.84. The minimum atomic E-state index is -0.812. The zero-order valence-corrected chi connectivity index (χ0v) is 6.90. The van der Waals surface area contributed by atoms with Crippen molar-refractivity contribution >= 4 is 11.6 Å². The molecule has 1 rings (SSSR count). The molecule has 2 nitrogen and oxygen atoms in total. The van der Waals surface area contributed by atoms with Crippen LogP contribution in [0, 0.1) is 11.3 Å². The molecule has 0 aromatic heterocycles. The summed E-state index contributed by atoms with van der Waals surface area (Å²) in [6, 6.07) is 2.07. The molecule has 10 heavy (non-hydrogen) atoms. The van der Waals surface area contributed by atoms with Crippen molar-refractivity contribution in [2.75, 3.05) is 6.61 Å². The molecule has 0 amide bonds. The second kappa shape index (κ2) is 2.11. The molecule has 1 heterocycles. The summed E-state index contributed by atoms with van der Waals surface area (Å²) in [4.78, 5) is -0.812. The van der Waals surface area contributed by atoms with Crippen molar-refractivity contribution in [1.29, 1.82) is 5.26 Å². The van der Waals surface area contributed by atoms with E-state index in [0.717, 1.165) is 0 Å². The van der Waals surface area contributed by atoms with Crippen molar-refractivity contribution in [1.82, 2.24) is 0 Å². The summed E-state index contributed by atoms with van der Waals surface area (Å²) >= 11 is 5.96. The standard InChI is InChI=1S/C7H10ClNO/c1-6(2)7(8,5-9)3-4-10-6/h3-4H2,1-2H3. The van der Waals surface area contributed by atoms with Gasteiger partial charge in [-0.2, -0.15) is 5.26 Å². The van der Waals surface area contributed by atoms with Crippen molar-refractivity contribution in [2.24, 2.45) is 0 Å². The highest BCUT2D eigenvalue weighted by atomic mass is 35.5. The van der Waals surface area contributed by atoms with Crippen LogP contribution in [-0.4, -0.2) is 17.1 Å². The first-order valence-electron chi connectivity index (χ1n) is 3.26. The molecule has 1 aliphatic rings. The van der Waals surface area contributed by atoms with Gasteiger partial charge in [-0.05, 0) is 13.8 Å². The highest BCUT2D eigenvalue weighted by molar-refractivity contribution is 6.26. The van der Waals surface area contributed by atoms with Crippen molar-refractivity contribution in [3.05, 3.63) is 0 Å². The first-order chi connectivity index (χ1) is 4.52. The number of ether oxygens (including phenoxy) is 1. The molecule has 0 aliphatic carbocycles. The molecule has 0 aromatic carbocycles. The number of nitriles is 1. The summed E-state index contributed by atoms with van der Waals surface area (Å²) in [6.07, 6.45) is 0.623. The third-order valence-corrected chi connectivity index (χ3v) is 2.77. The number of nitrogens with zero attached hydrogens (tertiary/aromatic N) is 1.